The van der Waals surface area contributed by atoms with Crippen LogP contribution in [0.1, 0.15) is 64.7 Å². The molecule has 0 spiro atoms. The summed E-state index contributed by atoms with van der Waals surface area (Å²) in [4.78, 5) is 11.4. The van der Waals surface area contributed by atoms with Crippen LogP contribution in [0, 0.1) is 0 Å². The van der Waals surface area contributed by atoms with Crippen molar-refractivity contribution in [2.75, 3.05) is 27.2 Å². The van der Waals surface area contributed by atoms with E-state index in [1.54, 1.807) is 0 Å². The van der Waals surface area contributed by atoms with E-state index in [1.807, 2.05) is 0 Å². The molecule has 0 aromatic heterocycles. The molecule has 0 N–H and O–H groups in total. The highest BCUT2D eigenvalue weighted by molar-refractivity contribution is 5.90. The molecule has 2 nitrogen and oxygen atoms in total. The summed E-state index contributed by atoms with van der Waals surface area (Å²) < 4.78 is 0.793. The Kier molecular flexibility index (Phi) is 15.0. The van der Waals surface area contributed by atoms with Gasteiger partial charge in [-0.25, -0.2) is 0 Å². The third kappa shape index (κ3) is 14.1. The molecular weight excluding hydrogens is 270 g/mol. The molecular formula is C17H34ClNO. The van der Waals surface area contributed by atoms with Crippen molar-refractivity contribution in [3.63, 3.8) is 0 Å². The standard InChI is InChI=1S/C17H34NO.ClH/c1-5-7-8-9-10-11-12-13-14-15-18(3,4)16-17(19)6-2;/h6H,2,5,7-16H2,1,3-4H3;1H/q+1;/p-1. The van der Waals surface area contributed by atoms with Crippen molar-refractivity contribution in [2.45, 2.75) is 64.7 Å². The Morgan fingerprint density at radius 1 is 0.950 bits per heavy atom. The number of carbonyl (C=O) groups excluding carboxylic acids is 1. The molecule has 0 aliphatic heterocycles. The van der Waals surface area contributed by atoms with Crippen molar-refractivity contribution in [1.82, 2.24) is 0 Å². The van der Waals surface area contributed by atoms with E-state index in [1.165, 1.54) is 63.9 Å². The lowest BCUT2D eigenvalue weighted by Gasteiger charge is -2.28. The van der Waals surface area contributed by atoms with Crippen LogP contribution in [0.5, 0.6) is 0 Å². The quantitative estimate of drug-likeness (QED) is 0.285. The Labute approximate surface area is 132 Å². The first-order valence-electron chi connectivity index (χ1n) is 7.99. The second-order valence-corrected chi connectivity index (χ2v) is 6.32. The first-order chi connectivity index (χ1) is 9.02. The number of hydrogen-bond acceptors (Lipinski definition) is 1. The van der Waals surface area contributed by atoms with Gasteiger partial charge in [-0.1, -0.05) is 58.4 Å². The maximum atomic E-state index is 11.4. The molecule has 0 saturated carbocycles. The summed E-state index contributed by atoms with van der Waals surface area (Å²) in [6.45, 7) is 7.47. The van der Waals surface area contributed by atoms with Gasteiger partial charge in [-0.2, -0.15) is 0 Å². The van der Waals surface area contributed by atoms with Gasteiger partial charge < -0.3 is 16.9 Å². The molecule has 0 bridgehead atoms. The highest BCUT2D eigenvalue weighted by Crippen LogP contribution is 2.11. The first-order valence-corrected chi connectivity index (χ1v) is 7.99. The monoisotopic (exact) mass is 303 g/mol. The number of ketones is 1. The highest BCUT2D eigenvalue weighted by Gasteiger charge is 2.17. The van der Waals surface area contributed by atoms with E-state index in [0.29, 0.717) is 6.54 Å². The van der Waals surface area contributed by atoms with Gasteiger partial charge in [0, 0.05) is 0 Å². The van der Waals surface area contributed by atoms with Crippen LogP contribution >= 0.6 is 0 Å². The van der Waals surface area contributed by atoms with Gasteiger partial charge >= 0.3 is 0 Å². The Hall–Kier alpha value is -0.340. The fourth-order valence-corrected chi connectivity index (χ4v) is 2.42. The smallest absolute Gasteiger partial charge is 0.209 e. The second-order valence-electron chi connectivity index (χ2n) is 6.32. The lowest BCUT2D eigenvalue weighted by Crippen LogP contribution is -3.00. The largest absolute Gasteiger partial charge is 1.00 e. The van der Waals surface area contributed by atoms with Crippen LogP contribution in [0.4, 0.5) is 0 Å². The van der Waals surface area contributed by atoms with Crippen molar-refractivity contribution in [3.8, 4) is 0 Å². The number of rotatable bonds is 13. The molecule has 20 heavy (non-hydrogen) atoms. The summed E-state index contributed by atoms with van der Waals surface area (Å²) in [5.41, 5.74) is 0. The van der Waals surface area contributed by atoms with E-state index < -0.39 is 0 Å². The molecule has 0 amide bonds. The Morgan fingerprint density at radius 3 is 1.85 bits per heavy atom. The number of hydrogen-bond donors (Lipinski definition) is 0. The van der Waals surface area contributed by atoms with Crippen LogP contribution in [-0.4, -0.2) is 37.5 Å². The van der Waals surface area contributed by atoms with E-state index in [0.717, 1.165) is 11.0 Å². The number of quaternary nitrogens is 1. The fraction of sp³-hybridized carbons (Fsp3) is 0.824. The predicted molar refractivity (Wildman–Crippen MR) is 84.3 cm³/mol. The lowest BCUT2D eigenvalue weighted by atomic mass is 10.1. The maximum Gasteiger partial charge on any atom is 0.209 e. The third-order valence-electron chi connectivity index (χ3n) is 3.68. The fourth-order valence-electron chi connectivity index (χ4n) is 2.42. The molecule has 0 aliphatic rings. The van der Waals surface area contributed by atoms with Crippen LogP contribution in [-0.2, 0) is 4.79 Å². The lowest BCUT2D eigenvalue weighted by molar-refractivity contribution is -0.882. The van der Waals surface area contributed by atoms with E-state index in [9.17, 15) is 4.79 Å². The van der Waals surface area contributed by atoms with E-state index >= 15 is 0 Å². The molecule has 0 fully saturated rings. The summed E-state index contributed by atoms with van der Waals surface area (Å²) in [6, 6.07) is 0. The topological polar surface area (TPSA) is 17.1 Å². The summed E-state index contributed by atoms with van der Waals surface area (Å²) in [7, 11) is 4.26. The van der Waals surface area contributed by atoms with E-state index in [4.69, 9.17) is 0 Å². The molecule has 0 aromatic rings. The summed E-state index contributed by atoms with van der Waals surface area (Å²) in [5.74, 6) is 0.154. The summed E-state index contributed by atoms with van der Waals surface area (Å²) in [5, 5.41) is 0. The van der Waals surface area contributed by atoms with Crippen molar-refractivity contribution in [2.24, 2.45) is 0 Å². The van der Waals surface area contributed by atoms with Gasteiger partial charge in [0.25, 0.3) is 0 Å². The molecule has 0 atom stereocenters. The molecule has 0 saturated heterocycles. The summed E-state index contributed by atoms with van der Waals surface area (Å²) >= 11 is 0. The van der Waals surface area contributed by atoms with Gasteiger partial charge in [0.1, 0.15) is 6.54 Å². The molecule has 0 aliphatic carbocycles. The van der Waals surface area contributed by atoms with E-state index in [2.05, 4.69) is 27.6 Å². The normalized spacial score (nSPS) is 10.9. The van der Waals surface area contributed by atoms with Gasteiger partial charge in [0.05, 0.1) is 20.6 Å². The van der Waals surface area contributed by atoms with Crippen LogP contribution in [0.3, 0.4) is 0 Å². The number of unbranched alkanes of at least 4 members (excludes halogenated alkanes) is 8. The molecule has 0 rings (SSSR count). The molecule has 0 radical (unpaired) electrons. The minimum atomic E-state index is 0. The third-order valence-corrected chi connectivity index (χ3v) is 3.68. The Balaban J connectivity index is 0. The molecule has 0 unspecified atom stereocenters. The highest BCUT2D eigenvalue weighted by atomic mass is 35.5. The zero-order valence-corrected chi connectivity index (χ0v) is 14.6. The van der Waals surface area contributed by atoms with Crippen molar-refractivity contribution >= 4 is 5.78 Å². The SMILES string of the molecule is C=CC(=O)C[N+](C)(C)CCCCCCCCCCC.[Cl-]. The van der Waals surface area contributed by atoms with Gasteiger partial charge in [-0.05, 0) is 18.9 Å². The molecule has 0 aromatic carbocycles. The Morgan fingerprint density at radius 2 is 1.40 bits per heavy atom. The van der Waals surface area contributed by atoms with Crippen molar-refractivity contribution < 1.29 is 21.7 Å². The van der Waals surface area contributed by atoms with Gasteiger partial charge in [0.15, 0.2) is 0 Å². The maximum absolute atomic E-state index is 11.4. The van der Waals surface area contributed by atoms with Crippen LogP contribution in [0.25, 0.3) is 0 Å². The minimum Gasteiger partial charge on any atom is -1.00 e. The molecule has 120 valence electrons. The van der Waals surface area contributed by atoms with Crippen LogP contribution in [0.2, 0.25) is 0 Å². The van der Waals surface area contributed by atoms with Crippen LogP contribution < -0.4 is 12.4 Å². The summed E-state index contributed by atoms with van der Waals surface area (Å²) in [6.07, 6.45) is 13.6. The number of carbonyl (C=O) groups is 1. The number of likely N-dealkylation sites (N-methyl/N-ethyl adjacent to an activating group) is 1. The number of halogens is 1. The molecule has 0 heterocycles. The predicted octanol–water partition coefficient (Wildman–Crippen LogP) is 1.35. The van der Waals surface area contributed by atoms with Crippen molar-refractivity contribution in [3.05, 3.63) is 12.7 Å². The Bertz CT molecular complexity index is 251. The second kappa shape index (κ2) is 13.6. The van der Waals surface area contributed by atoms with Crippen LogP contribution in [0.15, 0.2) is 12.7 Å². The van der Waals surface area contributed by atoms with Crippen molar-refractivity contribution in [1.29, 1.82) is 0 Å². The minimum absolute atomic E-state index is 0. The van der Waals surface area contributed by atoms with Gasteiger partial charge in [-0.3, -0.25) is 4.79 Å². The van der Waals surface area contributed by atoms with E-state index in [-0.39, 0.29) is 18.2 Å². The average molecular weight is 304 g/mol. The van der Waals surface area contributed by atoms with Gasteiger partial charge in [0.2, 0.25) is 5.78 Å². The number of nitrogens with zero attached hydrogens (tertiary/aromatic N) is 1. The van der Waals surface area contributed by atoms with Gasteiger partial charge in [-0.15, -0.1) is 0 Å². The zero-order valence-electron chi connectivity index (χ0n) is 13.8. The molecule has 3 heteroatoms. The zero-order chi connectivity index (χ0) is 14.6. The average Bonchev–Trinajstić information content (AvgIpc) is 2.36. The first kappa shape index (κ1) is 21.9.